The highest BCUT2D eigenvalue weighted by Gasteiger charge is 2.19. The zero-order valence-electron chi connectivity index (χ0n) is 12.5. The SMILES string of the molecule is O=C(NCCCN1CCCC1=O)c1cccc2ccccc12. The van der Waals surface area contributed by atoms with E-state index in [2.05, 4.69) is 5.32 Å². The normalized spacial score (nSPS) is 14.5. The van der Waals surface area contributed by atoms with Crippen molar-refractivity contribution in [2.45, 2.75) is 19.3 Å². The maximum atomic E-state index is 12.3. The molecule has 22 heavy (non-hydrogen) atoms. The summed E-state index contributed by atoms with van der Waals surface area (Å²) in [4.78, 5) is 25.7. The van der Waals surface area contributed by atoms with Gasteiger partial charge in [0.25, 0.3) is 5.91 Å². The number of hydrogen-bond donors (Lipinski definition) is 1. The van der Waals surface area contributed by atoms with Crippen molar-refractivity contribution in [1.29, 1.82) is 0 Å². The van der Waals surface area contributed by atoms with Crippen molar-refractivity contribution in [3.8, 4) is 0 Å². The quantitative estimate of drug-likeness (QED) is 0.862. The van der Waals surface area contributed by atoms with E-state index < -0.39 is 0 Å². The summed E-state index contributed by atoms with van der Waals surface area (Å²) in [5.41, 5.74) is 0.704. The Balaban J connectivity index is 1.56. The summed E-state index contributed by atoms with van der Waals surface area (Å²) in [6.45, 7) is 2.18. The molecule has 3 rings (SSSR count). The Kier molecular flexibility index (Phi) is 4.37. The lowest BCUT2D eigenvalue weighted by molar-refractivity contribution is -0.127. The van der Waals surface area contributed by atoms with Gasteiger partial charge in [-0.3, -0.25) is 9.59 Å². The zero-order valence-corrected chi connectivity index (χ0v) is 12.5. The molecular formula is C18H20N2O2. The van der Waals surface area contributed by atoms with E-state index in [4.69, 9.17) is 0 Å². The Morgan fingerprint density at radius 3 is 2.77 bits per heavy atom. The van der Waals surface area contributed by atoms with Gasteiger partial charge in [0, 0.05) is 31.6 Å². The van der Waals surface area contributed by atoms with Crippen LogP contribution in [0.2, 0.25) is 0 Å². The van der Waals surface area contributed by atoms with E-state index in [1.165, 1.54) is 0 Å². The van der Waals surface area contributed by atoms with Crippen LogP contribution in [-0.2, 0) is 4.79 Å². The number of amides is 2. The third-order valence-corrected chi connectivity index (χ3v) is 4.10. The van der Waals surface area contributed by atoms with Gasteiger partial charge in [-0.05, 0) is 29.7 Å². The summed E-state index contributed by atoms with van der Waals surface area (Å²) in [5, 5.41) is 4.99. The summed E-state index contributed by atoms with van der Waals surface area (Å²) in [6.07, 6.45) is 2.42. The maximum absolute atomic E-state index is 12.3. The summed E-state index contributed by atoms with van der Waals surface area (Å²) in [7, 11) is 0. The molecule has 0 unspecified atom stereocenters. The van der Waals surface area contributed by atoms with E-state index in [0.717, 1.165) is 36.7 Å². The minimum atomic E-state index is -0.0513. The molecule has 0 radical (unpaired) electrons. The Labute approximate surface area is 130 Å². The largest absolute Gasteiger partial charge is 0.352 e. The summed E-state index contributed by atoms with van der Waals surface area (Å²) >= 11 is 0. The van der Waals surface area contributed by atoms with Gasteiger partial charge in [0.05, 0.1) is 0 Å². The number of benzene rings is 2. The average Bonchev–Trinajstić information content (AvgIpc) is 2.96. The molecule has 1 fully saturated rings. The smallest absolute Gasteiger partial charge is 0.251 e. The number of nitrogens with one attached hydrogen (secondary N) is 1. The molecule has 2 amide bonds. The first-order valence-corrected chi connectivity index (χ1v) is 7.79. The van der Waals surface area contributed by atoms with E-state index in [0.29, 0.717) is 18.5 Å². The van der Waals surface area contributed by atoms with E-state index in [-0.39, 0.29) is 11.8 Å². The molecule has 0 saturated carbocycles. The van der Waals surface area contributed by atoms with Gasteiger partial charge in [-0.2, -0.15) is 0 Å². The second-order valence-corrected chi connectivity index (χ2v) is 5.62. The van der Waals surface area contributed by atoms with Gasteiger partial charge in [0.2, 0.25) is 5.91 Å². The highest BCUT2D eigenvalue weighted by Crippen LogP contribution is 2.18. The average molecular weight is 296 g/mol. The molecule has 1 heterocycles. The van der Waals surface area contributed by atoms with Gasteiger partial charge in [-0.15, -0.1) is 0 Å². The first kappa shape index (κ1) is 14.6. The first-order chi connectivity index (χ1) is 10.8. The number of likely N-dealkylation sites (tertiary alicyclic amines) is 1. The molecule has 2 aromatic carbocycles. The Hall–Kier alpha value is -2.36. The number of rotatable bonds is 5. The third kappa shape index (κ3) is 3.11. The lowest BCUT2D eigenvalue weighted by atomic mass is 10.0. The van der Waals surface area contributed by atoms with Gasteiger partial charge in [0.1, 0.15) is 0 Å². The molecule has 1 saturated heterocycles. The third-order valence-electron chi connectivity index (χ3n) is 4.10. The summed E-state index contributed by atoms with van der Waals surface area (Å²) in [6, 6.07) is 13.6. The van der Waals surface area contributed by atoms with Gasteiger partial charge in [-0.25, -0.2) is 0 Å². The van der Waals surface area contributed by atoms with Gasteiger partial charge in [-0.1, -0.05) is 36.4 Å². The number of fused-ring (bicyclic) bond motifs is 1. The Morgan fingerprint density at radius 1 is 1.14 bits per heavy atom. The molecule has 0 atom stereocenters. The molecular weight excluding hydrogens is 276 g/mol. The first-order valence-electron chi connectivity index (χ1n) is 7.79. The minimum Gasteiger partial charge on any atom is -0.352 e. The second-order valence-electron chi connectivity index (χ2n) is 5.62. The van der Waals surface area contributed by atoms with Crippen LogP contribution < -0.4 is 5.32 Å². The Morgan fingerprint density at radius 2 is 1.95 bits per heavy atom. The van der Waals surface area contributed by atoms with Crippen LogP contribution in [-0.4, -0.2) is 36.3 Å². The van der Waals surface area contributed by atoms with Crippen molar-refractivity contribution in [2.24, 2.45) is 0 Å². The molecule has 4 nitrogen and oxygen atoms in total. The molecule has 4 heteroatoms. The van der Waals surface area contributed by atoms with Crippen molar-refractivity contribution < 1.29 is 9.59 Å². The van der Waals surface area contributed by atoms with Crippen LogP contribution >= 0.6 is 0 Å². The molecule has 0 spiro atoms. The van der Waals surface area contributed by atoms with Gasteiger partial charge in [0.15, 0.2) is 0 Å². The maximum Gasteiger partial charge on any atom is 0.251 e. The molecule has 0 bridgehead atoms. The molecule has 0 aromatic heterocycles. The fraction of sp³-hybridized carbons (Fsp3) is 0.333. The van der Waals surface area contributed by atoms with Crippen molar-refractivity contribution in [2.75, 3.05) is 19.6 Å². The van der Waals surface area contributed by atoms with E-state index >= 15 is 0 Å². The minimum absolute atomic E-state index is 0.0513. The van der Waals surface area contributed by atoms with Gasteiger partial charge < -0.3 is 10.2 Å². The number of nitrogens with zero attached hydrogens (tertiary/aromatic N) is 1. The van der Waals surface area contributed by atoms with Crippen LogP contribution in [0.25, 0.3) is 10.8 Å². The van der Waals surface area contributed by atoms with E-state index in [1.54, 1.807) is 0 Å². The monoisotopic (exact) mass is 296 g/mol. The van der Waals surface area contributed by atoms with Crippen LogP contribution in [0.5, 0.6) is 0 Å². The molecule has 1 aliphatic heterocycles. The van der Waals surface area contributed by atoms with Crippen molar-refractivity contribution in [3.05, 3.63) is 48.0 Å². The molecule has 2 aromatic rings. The number of hydrogen-bond acceptors (Lipinski definition) is 2. The summed E-state index contributed by atoms with van der Waals surface area (Å²) in [5.74, 6) is 0.185. The van der Waals surface area contributed by atoms with Crippen molar-refractivity contribution in [3.63, 3.8) is 0 Å². The standard InChI is InChI=1S/C18H20N2O2/c21-17-10-4-12-20(17)13-5-11-19-18(22)16-9-3-7-14-6-1-2-8-15(14)16/h1-3,6-9H,4-5,10-13H2,(H,19,22). The lowest BCUT2D eigenvalue weighted by Crippen LogP contribution is -2.30. The van der Waals surface area contributed by atoms with Crippen LogP contribution in [0.15, 0.2) is 42.5 Å². The second kappa shape index (κ2) is 6.60. The van der Waals surface area contributed by atoms with Crippen LogP contribution in [0.4, 0.5) is 0 Å². The van der Waals surface area contributed by atoms with E-state index in [1.807, 2.05) is 47.4 Å². The van der Waals surface area contributed by atoms with E-state index in [9.17, 15) is 9.59 Å². The highest BCUT2D eigenvalue weighted by atomic mass is 16.2. The van der Waals surface area contributed by atoms with Crippen LogP contribution in [0.3, 0.4) is 0 Å². The fourth-order valence-corrected chi connectivity index (χ4v) is 2.93. The fourth-order valence-electron chi connectivity index (χ4n) is 2.93. The van der Waals surface area contributed by atoms with Crippen molar-refractivity contribution in [1.82, 2.24) is 10.2 Å². The molecule has 114 valence electrons. The Bertz CT molecular complexity index is 691. The molecule has 1 N–H and O–H groups in total. The van der Waals surface area contributed by atoms with Gasteiger partial charge >= 0.3 is 0 Å². The number of carbonyl (C=O) groups is 2. The zero-order chi connectivity index (χ0) is 15.4. The highest BCUT2D eigenvalue weighted by molar-refractivity contribution is 6.06. The topological polar surface area (TPSA) is 49.4 Å². The van der Waals surface area contributed by atoms with Crippen LogP contribution in [0, 0.1) is 0 Å². The molecule has 0 aliphatic carbocycles. The number of carbonyl (C=O) groups excluding carboxylic acids is 2. The molecule has 1 aliphatic rings. The predicted molar refractivity (Wildman–Crippen MR) is 86.7 cm³/mol. The van der Waals surface area contributed by atoms with Crippen molar-refractivity contribution >= 4 is 22.6 Å². The predicted octanol–water partition coefficient (Wildman–Crippen LogP) is 2.58. The lowest BCUT2D eigenvalue weighted by Gasteiger charge is -2.15. The van der Waals surface area contributed by atoms with Crippen LogP contribution in [0.1, 0.15) is 29.6 Å². The summed E-state index contributed by atoms with van der Waals surface area (Å²) < 4.78 is 0.